The van der Waals surface area contributed by atoms with Crippen molar-refractivity contribution in [3.63, 3.8) is 0 Å². The highest BCUT2D eigenvalue weighted by atomic mass is 16.3. The molecule has 1 aliphatic carbocycles. The Balaban J connectivity index is 1.46. The monoisotopic (exact) mass is 361 g/mol. The zero-order valence-corrected chi connectivity index (χ0v) is 16.2. The second-order valence-corrected chi connectivity index (χ2v) is 8.36. The first-order valence-electron chi connectivity index (χ1n) is 10.4. The third kappa shape index (κ3) is 4.17. The van der Waals surface area contributed by atoms with E-state index in [0.29, 0.717) is 5.92 Å². The fourth-order valence-corrected chi connectivity index (χ4v) is 5.13. The molecule has 2 heteroatoms. The summed E-state index contributed by atoms with van der Waals surface area (Å²) in [7, 11) is 0. The van der Waals surface area contributed by atoms with Crippen molar-refractivity contribution >= 4 is 6.08 Å². The number of fused-ring (bicyclic) bond motifs is 2. The predicted octanol–water partition coefficient (Wildman–Crippen LogP) is 4.80. The summed E-state index contributed by atoms with van der Waals surface area (Å²) in [5, 5.41) is 10.4. The highest BCUT2D eigenvalue weighted by Crippen LogP contribution is 2.48. The van der Waals surface area contributed by atoms with E-state index in [4.69, 9.17) is 0 Å². The van der Waals surface area contributed by atoms with E-state index in [1.807, 2.05) is 0 Å². The van der Waals surface area contributed by atoms with Gasteiger partial charge < -0.3 is 10.0 Å². The first-order chi connectivity index (χ1) is 13.3. The van der Waals surface area contributed by atoms with Gasteiger partial charge in [-0.3, -0.25) is 0 Å². The number of aryl methyl sites for hydroxylation is 1. The Morgan fingerprint density at radius 2 is 1.78 bits per heavy atom. The van der Waals surface area contributed by atoms with Crippen LogP contribution in [0.25, 0.3) is 6.08 Å². The number of nitrogens with zero attached hydrogens (tertiary/aromatic N) is 1. The molecule has 1 saturated carbocycles. The van der Waals surface area contributed by atoms with Crippen molar-refractivity contribution in [1.82, 2.24) is 4.90 Å². The second kappa shape index (κ2) is 8.41. The molecule has 142 valence electrons. The van der Waals surface area contributed by atoms with Crippen LogP contribution in [0.15, 0.2) is 66.2 Å². The first-order valence-corrected chi connectivity index (χ1v) is 10.4. The van der Waals surface area contributed by atoms with E-state index in [-0.39, 0.29) is 12.0 Å². The summed E-state index contributed by atoms with van der Waals surface area (Å²) in [6, 6.07) is 21.4. The highest BCUT2D eigenvalue weighted by molar-refractivity contribution is 5.56. The Kier molecular flexibility index (Phi) is 5.75. The molecule has 2 fully saturated rings. The minimum atomic E-state index is -0.0379. The molecule has 2 nitrogen and oxygen atoms in total. The SMILES string of the molecule is OC[C@]12CCC[C@H](CN(CCCc3ccccc3)C1)C2=Cc1ccccc1. The van der Waals surface area contributed by atoms with E-state index in [1.165, 1.54) is 36.0 Å². The van der Waals surface area contributed by atoms with Gasteiger partial charge in [-0.15, -0.1) is 0 Å². The molecule has 2 aliphatic rings. The van der Waals surface area contributed by atoms with Gasteiger partial charge in [-0.1, -0.05) is 78.7 Å². The van der Waals surface area contributed by atoms with Crippen LogP contribution in [0, 0.1) is 11.3 Å². The van der Waals surface area contributed by atoms with Crippen molar-refractivity contribution in [3.8, 4) is 0 Å². The van der Waals surface area contributed by atoms with Gasteiger partial charge >= 0.3 is 0 Å². The summed E-state index contributed by atoms with van der Waals surface area (Å²) in [4.78, 5) is 2.62. The lowest BCUT2D eigenvalue weighted by molar-refractivity contribution is 0.0253. The van der Waals surface area contributed by atoms with Gasteiger partial charge in [-0.2, -0.15) is 0 Å². The average Bonchev–Trinajstić information content (AvgIpc) is 2.70. The lowest BCUT2D eigenvalue weighted by Crippen LogP contribution is -2.53. The fraction of sp³-hybridized carbons (Fsp3) is 0.440. The van der Waals surface area contributed by atoms with Crippen LogP contribution < -0.4 is 0 Å². The summed E-state index contributed by atoms with van der Waals surface area (Å²) in [5.41, 5.74) is 4.16. The van der Waals surface area contributed by atoms with Crippen molar-refractivity contribution in [2.24, 2.45) is 11.3 Å². The topological polar surface area (TPSA) is 23.5 Å². The molecular formula is C25H31NO. The van der Waals surface area contributed by atoms with Crippen LogP contribution in [-0.4, -0.2) is 36.2 Å². The van der Waals surface area contributed by atoms with Crippen LogP contribution >= 0.6 is 0 Å². The number of benzene rings is 2. The minimum Gasteiger partial charge on any atom is -0.395 e. The summed E-state index contributed by atoms with van der Waals surface area (Å²) in [6.07, 6.45) is 8.33. The zero-order chi connectivity index (χ0) is 18.5. The van der Waals surface area contributed by atoms with E-state index >= 15 is 0 Å². The number of aliphatic hydroxyl groups is 1. The molecule has 2 aromatic rings. The first kappa shape index (κ1) is 18.5. The van der Waals surface area contributed by atoms with Crippen LogP contribution in [0.5, 0.6) is 0 Å². The molecule has 2 bridgehead atoms. The maximum atomic E-state index is 10.4. The number of hydrogen-bond acceptors (Lipinski definition) is 2. The molecule has 0 radical (unpaired) electrons. The van der Waals surface area contributed by atoms with E-state index < -0.39 is 0 Å². The largest absolute Gasteiger partial charge is 0.395 e. The predicted molar refractivity (Wildman–Crippen MR) is 112 cm³/mol. The van der Waals surface area contributed by atoms with Crippen LogP contribution in [0.4, 0.5) is 0 Å². The lowest BCUT2D eigenvalue weighted by atomic mass is 9.62. The van der Waals surface area contributed by atoms with Crippen molar-refractivity contribution in [3.05, 3.63) is 77.4 Å². The molecule has 0 spiro atoms. The fourth-order valence-electron chi connectivity index (χ4n) is 5.13. The van der Waals surface area contributed by atoms with Crippen molar-refractivity contribution < 1.29 is 5.11 Å². The number of hydrogen-bond donors (Lipinski definition) is 1. The number of rotatable bonds is 6. The Labute approximate surface area is 163 Å². The molecule has 0 amide bonds. The van der Waals surface area contributed by atoms with Crippen LogP contribution in [0.2, 0.25) is 0 Å². The van der Waals surface area contributed by atoms with E-state index in [9.17, 15) is 5.11 Å². The van der Waals surface area contributed by atoms with Gasteiger partial charge in [0.25, 0.3) is 0 Å². The molecule has 2 atom stereocenters. The number of piperidine rings is 1. The third-order valence-corrected chi connectivity index (χ3v) is 6.47. The van der Waals surface area contributed by atoms with Gasteiger partial charge in [0.05, 0.1) is 6.61 Å². The van der Waals surface area contributed by atoms with Crippen molar-refractivity contribution in [2.75, 3.05) is 26.2 Å². The van der Waals surface area contributed by atoms with Crippen LogP contribution in [0.1, 0.15) is 36.8 Å². The van der Waals surface area contributed by atoms with E-state index in [1.54, 1.807) is 0 Å². The normalized spacial score (nSPS) is 27.0. The molecule has 0 unspecified atom stereocenters. The Morgan fingerprint density at radius 1 is 1.04 bits per heavy atom. The third-order valence-electron chi connectivity index (χ3n) is 6.47. The minimum absolute atomic E-state index is 0.0379. The molecule has 2 aromatic carbocycles. The molecule has 1 aliphatic heterocycles. The summed E-state index contributed by atoms with van der Waals surface area (Å²) >= 11 is 0. The van der Waals surface area contributed by atoms with Gasteiger partial charge in [0.15, 0.2) is 0 Å². The highest BCUT2D eigenvalue weighted by Gasteiger charge is 2.45. The molecule has 1 heterocycles. The number of aliphatic hydroxyl groups excluding tert-OH is 1. The number of likely N-dealkylation sites (tertiary alicyclic amines) is 1. The molecular weight excluding hydrogens is 330 g/mol. The lowest BCUT2D eigenvalue weighted by Gasteiger charge is -2.51. The molecule has 4 rings (SSSR count). The molecule has 0 aromatic heterocycles. The zero-order valence-electron chi connectivity index (χ0n) is 16.2. The van der Waals surface area contributed by atoms with Crippen molar-refractivity contribution in [2.45, 2.75) is 32.1 Å². The van der Waals surface area contributed by atoms with Crippen LogP contribution in [0.3, 0.4) is 0 Å². The van der Waals surface area contributed by atoms with Gasteiger partial charge in [-0.05, 0) is 49.3 Å². The van der Waals surface area contributed by atoms with Crippen molar-refractivity contribution in [1.29, 1.82) is 0 Å². The van der Waals surface area contributed by atoms with E-state index in [2.05, 4.69) is 71.6 Å². The summed E-state index contributed by atoms with van der Waals surface area (Å²) in [6.45, 7) is 3.56. The van der Waals surface area contributed by atoms with Gasteiger partial charge in [-0.25, -0.2) is 0 Å². The Morgan fingerprint density at radius 3 is 2.52 bits per heavy atom. The Hall–Kier alpha value is -1.90. The molecule has 1 N–H and O–H groups in total. The maximum Gasteiger partial charge on any atom is 0.0537 e. The Bertz CT molecular complexity index is 754. The van der Waals surface area contributed by atoms with Gasteiger partial charge in [0.1, 0.15) is 0 Å². The van der Waals surface area contributed by atoms with Gasteiger partial charge in [0.2, 0.25) is 0 Å². The average molecular weight is 362 g/mol. The standard InChI is InChI=1S/C25H31NO/c27-20-25-15-7-14-23(24(25)17-22-11-5-2-6-12-22)18-26(19-25)16-8-13-21-9-3-1-4-10-21/h1-6,9-12,17,23,27H,7-8,13-16,18-20H2/t23-,25+/m1/s1. The van der Waals surface area contributed by atoms with E-state index in [0.717, 1.165) is 32.5 Å². The quantitative estimate of drug-likeness (QED) is 0.799. The second-order valence-electron chi connectivity index (χ2n) is 8.36. The molecule has 27 heavy (non-hydrogen) atoms. The van der Waals surface area contributed by atoms with Crippen LogP contribution in [-0.2, 0) is 6.42 Å². The molecule has 1 saturated heterocycles. The maximum absolute atomic E-state index is 10.4. The summed E-state index contributed by atoms with van der Waals surface area (Å²) in [5.74, 6) is 0.594. The smallest absolute Gasteiger partial charge is 0.0537 e. The summed E-state index contributed by atoms with van der Waals surface area (Å²) < 4.78 is 0. The van der Waals surface area contributed by atoms with Gasteiger partial charge in [0, 0.05) is 18.5 Å².